The molecule has 0 amide bonds. The number of fused-ring (bicyclic) bond motifs is 1. The number of benzene rings is 1. The number of nitrogens with one attached hydrogen (secondary N) is 1. The summed E-state index contributed by atoms with van der Waals surface area (Å²) in [5.41, 5.74) is 8.62. The van der Waals surface area contributed by atoms with Gasteiger partial charge in [-0.2, -0.15) is 9.61 Å². The predicted molar refractivity (Wildman–Crippen MR) is 80.4 cm³/mol. The standard InChI is InChI=1S/C15H17N5/c1-9-5-4-6-12(7-9)13-8-14-17-11(3)10(2)15(18-16)20(14)19-13/h4-8,18H,16H2,1-3H3. The van der Waals surface area contributed by atoms with Crippen molar-refractivity contribution < 1.29 is 0 Å². The second-order valence-corrected chi connectivity index (χ2v) is 4.98. The SMILES string of the molecule is Cc1cccc(-c2cc3nc(C)c(C)c(NN)n3n2)c1. The van der Waals surface area contributed by atoms with E-state index in [1.807, 2.05) is 32.0 Å². The summed E-state index contributed by atoms with van der Waals surface area (Å²) in [7, 11) is 0. The van der Waals surface area contributed by atoms with E-state index in [0.29, 0.717) is 0 Å². The van der Waals surface area contributed by atoms with E-state index in [1.165, 1.54) is 5.56 Å². The van der Waals surface area contributed by atoms with Gasteiger partial charge in [0.15, 0.2) is 5.65 Å². The first-order valence-corrected chi connectivity index (χ1v) is 6.51. The van der Waals surface area contributed by atoms with Gasteiger partial charge in [0.25, 0.3) is 0 Å². The Hall–Kier alpha value is -2.40. The number of hydrazine groups is 1. The van der Waals surface area contributed by atoms with Crippen LogP contribution in [-0.2, 0) is 0 Å². The molecule has 5 nitrogen and oxygen atoms in total. The van der Waals surface area contributed by atoms with Crippen molar-refractivity contribution in [1.82, 2.24) is 14.6 Å². The Morgan fingerprint density at radius 1 is 1.15 bits per heavy atom. The van der Waals surface area contributed by atoms with Crippen LogP contribution in [0.15, 0.2) is 30.3 Å². The molecule has 0 spiro atoms. The Labute approximate surface area is 117 Å². The van der Waals surface area contributed by atoms with Crippen molar-refractivity contribution in [1.29, 1.82) is 0 Å². The average molecular weight is 267 g/mol. The average Bonchev–Trinajstić information content (AvgIpc) is 2.83. The summed E-state index contributed by atoms with van der Waals surface area (Å²) >= 11 is 0. The molecule has 0 atom stereocenters. The van der Waals surface area contributed by atoms with Crippen LogP contribution in [0.25, 0.3) is 16.9 Å². The van der Waals surface area contributed by atoms with Crippen LogP contribution < -0.4 is 11.3 Å². The second kappa shape index (κ2) is 4.61. The lowest BCUT2D eigenvalue weighted by atomic mass is 10.1. The van der Waals surface area contributed by atoms with Gasteiger partial charge in [-0.1, -0.05) is 23.8 Å². The number of nitrogen functional groups attached to an aromatic ring is 1. The van der Waals surface area contributed by atoms with Gasteiger partial charge in [0.1, 0.15) is 5.82 Å². The molecule has 5 heteroatoms. The maximum atomic E-state index is 5.62. The van der Waals surface area contributed by atoms with Gasteiger partial charge in [-0.3, -0.25) is 0 Å². The molecule has 3 N–H and O–H groups in total. The van der Waals surface area contributed by atoms with Crippen LogP contribution in [-0.4, -0.2) is 14.6 Å². The van der Waals surface area contributed by atoms with Gasteiger partial charge in [-0.05, 0) is 26.8 Å². The maximum Gasteiger partial charge on any atom is 0.158 e. The fourth-order valence-corrected chi connectivity index (χ4v) is 2.32. The summed E-state index contributed by atoms with van der Waals surface area (Å²) in [5, 5.41) is 4.61. The van der Waals surface area contributed by atoms with Crippen molar-refractivity contribution in [3.05, 3.63) is 47.2 Å². The predicted octanol–water partition coefficient (Wildman–Crippen LogP) is 2.61. The molecule has 0 radical (unpaired) electrons. The third-order valence-corrected chi connectivity index (χ3v) is 3.53. The zero-order chi connectivity index (χ0) is 14.3. The first kappa shape index (κ1) is 12.6. The minimum absolute atomic E-state index is 0.770. The maximum absolute atomic E-state index is 5.62. The third kappa shape index (κ3) is 1.92. The van der Waals surface area contributed by atoms with E-state index in [9.17, 15) is 0 Å². The van der Waals surface area contributed by atoms with Crippen molar-refractivity contribution in [2.75, 3.05) is 5.43 Å². The lowest BCUT2D eigenvalue weighted by molar-refractivity contribution is 0.916. The molecule has 3 aromatic rings. The fourth-order valence-electron chi connectivity index (χ4n) is 2.32. The highest BCUT2D eigenvalue weighted by molar-refractivity contribution is 5.67. The summed E-state index contributed by atoms with van der Waals surface area (Å²) in [4.78, 5) is 4.56. The largest absolute Gasteiger partial charge is 0.308 e. The molecular weight excluding hydrogens is 250 g/mol. The molecule has 0 aliphatic carbocycles. The van der Waals surface area contributed by atoms with Crippen molar-refractivity contribution in [3.8, 4) is 11.3 Å². The van der Waals surface area contributed by atoms with Crippen molar-refractivity contribution >= 4 is 11.5 Å². The minimum Gasteiger partial charge on any atom is -0.308 e. The summed E-state index contributed by atoms with van der Waals surface area (Å²) in [6.07, 6.45) is 0. The molecule has 2 heterocycles. The molecule has 20 heavy (non-hydrogen) atoms. The lowest BCUT2D eigenvalue weighted by Gasteiger charge is -2.09. The lowest BCUT2D eigenvalue weighted by Crippen LogP contribution is -2.14. The molecule has 2 aromatic heterocycles. The number of hydrogen-bond donors (Lipinski definition) is 2. The first-order valence-electron chi connectivity index (χ1n) is 6.51. The number of hydrogen-bond acceptors (Lipinski definition) is 4. The van der Waals surface area contributed by atoms with E-state index in [0.717, 1.165) is 34.0 Å². The molecule has 0 aliphatic heterocycles. The Balaban J connectivity index is 2.25. The minimum atomic E-state index is 0.770. The van der Waals surface area contributed by atoms with Crippen LogP contribution in [0, 0.1) is 20.8 Å². The molecule has 0 bridgehead atoms. The van der Waals surface area contributed by atoms with Crippen molar-refractivity contribution in [2.24, 2.45) is 5.84 Å². The molecule has 0 unspecified atom stereocenters. The van der Waals surface area contributed by atoms with Gasteiger partial charge < -0.3 is 5.43 Å². The Morgan fingerprint density at radius 2 is 1.95 bits per heavy atom. The smallest absolute Gasteiger partial charge is 0.158 e. The van der Waals surface area contributed by atoms with Gasteiger partial charge in [-0.15, -0.1) is 0 Å². The van der Waals surface area contributed by atoms with Crippen LogP contribution in [0.4, 0.5) is 5.82 Å². The quantitative estimate of drug-likeness (QED) is 0.553. The van der Waals surface area contributed by atoms with E-state index in [4.69, 9.17) is 5.84 Å². The molecule has 3 rings (SSSR count). The molecule has 0 saturated heterocycles. The van der Waals surface area contributed by atoms with Crippen LogP contribution >= 0.6 is 0 Å². The van der Waals surface area contributed by atoms with Crippen LogP contribution in [0.1, 0.15) is 16.8 Å². The highest BCUT2D eigenvalue weighted by Gasteiger charge is 2.12. The Kier molecular flexibility index (Phi) is 2.91. The number of rotatable bonds is 2. The van der Waals surface area contributed by atoms with E-state index >= 15 is 0 Å². The van der Waals surface area contributed by atoms with E-state index in [2.05, 4.69) is 34.6 Å². The van der Waals surface area contributed by atoms with E-state index in [-0.39, 0.29) is 0 Å². The summed E-state index contributed by atoms with van der Waals surface area (Å²) in [6, 6.07) is 10.2. The van der Waals surface area contributed by atoms with E-state index in [1.54, 1.807) is 4.52 Å². The topological polar surface area (TPSA) is 68.2 Å². The molecule has 1 aromatic carbocycles. The Morgan fingerprint density at radius 3 is 2.65 bits per heavy atom. The summed E-state index contributed by atoms with van der Waals surface area (Å²) in [6.45, 7) is 6.01. The fraction of sp³-hybridized carbons (Fsp3) is 0.200. The van der Waals surface area contributed by atoms with Crippen molar-refractivity contribution in [2.45, 2.75) is 20.8 Å². The van der Waals surface area contributed by atoms with Gasteiger partial charge in [0.2, 0.25) is 0 Å². The first-order chi connectivity index (χ1) is 9.60. The number of aryl methyl sites for hydroxylation is 2. The molecule has 0 fully saturated rings. The van der Waals surface area contributed by atoms with Crippen LogP contribution in [0.3, 0.4) is 0 Å². The normalized spacial score (nSPS) is 11.0. The van der Waals surface area contributed by atoms with Gasteiger partial charge in [0, 0.05) is 22.9 Å². The van der Waals surface area contributed by atoms with Crippen LogP contribution in [0.5, 0.6) is 0 Å². The van der Waals surface area contributed by atoms with Crippen LogP contribution in [0.2, 0.25) is 0 Å². The van der Waals surface area contributed by atoms with Gasteiger partial charge >= 0.3 is 0 Å². The third-order valence-electron chi connectivity index (χ3n) is 3.53. The van der Waals surface area contributed by atoms with E-state index < -0.39 is 0 Å². The number of nitrogens with zero attached hydrogens (tertiary/aromatic N) is 3. The molecule has 0 aliphatic rings. The zero-order valence-electron chi connectivity index (χ0n) is 11.8. The zero-order valence-corrected chi connectivity index (χ0v) is 11.8. The number of nitrogens with two attached hydrogens (primary N) is 1. The summed E-state index contributed by atoms with van der Waals surface area (Å²) in [5.74, 6) is 6.39. The monoisotopic (exact) mass is 267 g/mol. The summed E-state index contributed by atoms with van der Waals surface area (Å²) < 4.78 is 1.75. The van der Waals surface area contributed by atoms with Gasteiger partial charge in [0.05, 0.1) is 5.69 Å². The highest BCUT2D eigenvalue weighted by atomic mass is 15.4. The molecular formula is C15H17N5. The highest BCUT2D eigenvalue weighted by Crippen LogP contribution is 2.24. The number of anilines is 1. The van der Waals surface area contributed by atoms with Gasteiger partial charge in [-0.25, -0.2) is 10.8 Å². The molecule has 102 valence electrons. The molecule has 0 saturated carbocycles. The Bertz CT molecular complexity index is 788. The van der Waals surface area contributed by atoms with Crippen molar-refractivity contribution in [3.63, 3.8) is 0 Å². The second-order valence-electron chi connectivity index (χ2n) is 4.98. The number of aromatic nitrogens is 3.